The highest BCUT2D eigenvalue weighted by atomic mass is 35.5. The second-order valence-electron chi connectivity index (χ2n) is 1.33. The summed E-state index contributed by atoms with van der Waals surface area (Å²) in [6.45, 7) is 0. The summed E-state index contributed by atoms with van der Waals surface area (Å²) in [5.41, 5.74) is -2.30. The smallest absolute Gasteiger partial charge is 0.216 e. The zero-order valence-electron chi connectivity index (χ0n) is 4.15. The summed E-state index contributed by atoms with van der Waals surface area (Å²) in [7, 11) is 0. The van der Waals surface area contributed by atoms with Crippen LogP contribution in [0, 0.1) is 5.63 Å². The molecule has 0 N–H and O–H groups in total. The van der Waals surface area contributed by atoms with Crippen LogP contribution in [-0.4, -0.2) is 10.5 Å². The van der Waals surface area contributed by atoms with Gasteiger partial charge in [-0.25, -0.2) is 8.78 Å². The van der Waals surface area contributed by atoms with Crippen molar-refractivity contribution in [3.05, 3.63) is 5.63 Å². The Morgan fingerprint density at radius 1 is 1.10 bits per heavy atom. The Kier molecular flexibility index (Phi) is 3.08. The van der Waals surface area contributed by atoms with Crippen LogP contribution in [0.15, 0.2) is 0 Å². The van der Waals surface area contributed by atoms with Gasteiger partial charge in [0.05, 0.1) is 0 Å². The first kappa shape index (κ1) is 10.6. The van der Waals surface area contributed by atoms with Crippen LogP contribution in [-0.2, 0) is 0 Å². The third-order valence-corrected chi connectivity index (χ3v) is 1.71. The molecule has 0 amide bonds. The number of hydrogen-bond acceptors (Lipinski definition) is 0. The van der Waals surface area contributed by atoms with Gasteiger partial charge in [-0.1, -0.05) is 23.2 Å². The lowest BCUT2D eigenvalue weighted by molar-refractivity contribution is -0.0184. The number of hydrogen-bond donors (Lipinski definition) is 0. The standard InChI is InChI=1S/C3Cl3F4/c4-1(7)2(5,8)3(6,9)10. The molecule has 0 saturated heterocycles. The second kappa shape index (κ2) is 2.91. The van der Waals surface area contributed by atoms with E-state index in [2.05, 4.69) is 34.8 Å². The molecule has 1 unspecified atom stereocenters. The lowest BCUT2D eigenvalue weighted by atomic mass is 10.4. The lowest BCUT2D eigenvalue weighted by Crippen LogP contribution is -2.36. The Hall–Kier alpha value is 0.590. The van der Waals surface area contributed by atoms with Crippen molar-refractivity contribution in [2.24, 2.45) is 0 Å². The van der Waals surface area contributed by atoms with Gasteiger partial charge in [0.2, 0.25) is 0 Å². The Morgan fingerprint density at radius 2 is 1.40 bits per heavy atom. The monoisotopic (exact) mass is 217 g/mol. The summed E-state index contributed by atoms with van der Waals surface area (Å²) < 4.78 is 47.0. The van der Waals surface area contributed by atoms with Crippen molar-refractivity contribution in [2.45, 2.75) is 10.5 Å². The predicted octanol–water partition coefficient (Wildman–Crippen LogP) is 3.42. The van der Waals surface area contributed by atoms with E-state index in [1.807, 2.05) is 0 Å². The summed E-state index contributed by atoms with van der Waals surface area (Å²) in [5, 5.41) is -8.70. The van der Waals surface area contributed by atoms with Gasteiger partial charge in [0.15, 0.2) is 0 Å². The topological polar surface area (TPSA) is 0 Å². The van der Waals surface area contributed by atoms with Crippen molar-refractivity contribution < 1.29 is 17.6 Å². The molecule has 10 heavy (non-hydrogen) atoms. The van der Waals surface area contributed by atoms with Gasteiger partial charge in [-0.2, -0.15) is 8.78 Å². The van der Waals surface area contributed by atoms with Gasteiger partial charge >= 0.3 is 10.5 Å². The molecular weight excluding hydrogens is 218 g/mol. The molecular formula is C3Cl3F4. The molecule has 1 radical (unpaired) electrons. The van der Waals surface area contributed by atoms with E-state index < -0.39 is 16.1 Å². The molecule has 7 heteroatoms. The molecule has 0 nitrogen and oxygen atoms in total. The van der Waals surface area contributed by atoms with Gasteiger partial charge in [-0.3, -0.25) is 0 Å². The quantitative estimate of drug-likeness (QED) is 0.492. The first-order valence-corrected chi connectivity index (χ1v) is 2.96. The van der Waals surface area contributed by atoms with Gasteiger partial charge < -0.3 is 0 Å². The van der Waals surface area contributed by atoms with E-state index in [0.29, 0.717) is 0 Å². The maximum atomic E-state index is 12.1. The van der Waals surface area contributed by atoms with Crippen LogP contribution in [0.1, 0.15) is 0 Å². The predicted molar refractivity (Wildman–Crippen MR) is 30.7 cm³/mol. The number of rotatable bonds is 2. The first-order chi connectivity index (χ1) is 4.19. The molecule has 0 bridgehead atoms. The molecule has 0 aromatic heterocycles. The summed E-state index contributed by atoms with van der Waals surface area (Å²) in [6, 6.07) is 0. The highest BCUT2D eigenvalue weighted by Crippen LogP contribution is 2.48. The molecule has 0 spiro atoms. The molecule has 0 aliphatic carbocycles. The molecule has 0 aliphatic rings. The third-order valence-electron chi connectivity index (χ3n) is 0.593. The zero-order valence-corrected chi connectivity index (χ0v) is 6.41. The molecule has 0 aliphatic heterocycles. The van der Waals surface area contributed by atoms with Crippen LogP contribution in [0.5, 0.6) is 0 Å². The number of alkyl halides is 5. The van der Waals surface area contributed by atoms with E-state index in [9.17, 15) is 17.6 Å². The molecule has 0 rings (SSSR count). The van der Waals surface area contributed by atoms with Crippen LogP contribution in [0.4, 0.5) is 17.6 Å². The van der Waals surface area contributed by atoms with Gasteiger partial charge in [-0.05, 0) is 11.6 Å². The van der Waals surface area contributed by atoms with E-state index in [1.165, 1.54) is 0 Å². The van der Waals surface area contributed by atoms with Gasteiger partial charge in [-0.15, -0.1) is 0 Å². The fourth-order valence-electron chi connectivity index (χ4n) is 0.107. The molecule has 0 aromatic rings. The molecule has 0 fully saturated rings. The van der Waals surface area contributed by atoms with Crippen LogP contribution in [0.2, 0.25) is 0 Å². The molecule has 0 aromatic carbocycles. The van der Waals surface area contributed by atoms with E-state index in [4.69, 9.17) is 0 Å². The van der Waals surface area contributed by atoms with Crippen LogP contribution < -0.4 is 0 Å². The Morgan fingerprint density at radius 3 is 1.40 bits per heavy atom. The van der Waals surface area contributed by atoms with Crippen molar-refractivity contribution in [1.82, 2.24) is 0 Å². The maximum Gasteiger partial charge on any atom is 0.373 e. The van der Waals surface area contributed by atoms with E-state index in [0.717, 1.165) is 0 Å². The summed E-state index contributed by atoms with van der Waals surface area (Å²) in [6.07, 6.45) is 0. The van der Waals surface area contributed by atoms with Crippen LogP contribution in [0.25, 0.3) is 0 Å². The second-order valence-corrected chi connectivity index (χ2v) is 2.66. The highest BCUT2D eigenvalue weighted by molar-refractivity contribution is 6.40. The molecule has 1 atom stereocenters. The van der Waals surface area contributed by atoms with Crippen molar-refractivity contribution in [1.29, 1.82) is 0 Å². The SMILES string of the molecule is F[C](Cl)C(F)(Cl)C(F)(F)Cl. The van der Waals surface area contributed by atoms with Crippen LogP contribution in [0.3, 0.4) is 0 Å². The van der Waals surface area contributed by atoms with E-state index in [-0.39, 0.29) is 0 Å². The Labute approximate surface area is 69.0 Å². The highest BCUT2D eigenvalue weighted by Gasteiger charge is 2.59. The van der Waals surface area contributed by atoms with Crippen molar-refractivity contribution in [3.8, 4) is 0 Å². The third kappa shape index (κ3) is 2.04. The Bertz CT molecular complexity index is 117. The van der Waals surface area contributed by atoms with Crippen molar-refractivity contribution >= 4 is 34.8 Å². The normalized spacial score (nSPS) is 19.2. The van der Waals surface area contributed by atoms with E-state index in [1.54, 1.807) is 0 Å². The minimum atomic E-state index is -4.56. The maximum absolute atomic E-state index is 12.1. The summed E-state index contributed by atoms with van der Waals surface area (Å²) >= 11 is 12.5. The average Bonchev–Trinajstić information content (AvgIpc) is 1.62. The molecule has 0 heterocycles. The fraction of sp³-hybridized carbons (Fsp3) is 0.667. The minimum Gasteiger partial charge on any atom is -0.216 e. The van der Waals surface area contributed by atoms with Crippen molar-refractivity contribution in [3.63, 3.8) is 0 Å². The zero-order chi connectivity index (χ0) is 8.58. The van der Waals surface area contributed by atoms with E-state index >= 15 is 0 Å². The Balaban J connectivity index is 4.40. The largest absolute Gasteiger partial charge is 0.373 e. The van der Waals surface area contributed by atoms with Gasteiger partial charge in [0, 0.05) is 0 Å². The summed E-state index contributed by atoms with van der Waals surface area (Å²) in [4.78, 5) is 0. The van der Waals surface area contributed by atoms with Crippen molar-refractivity contribution in [2.75, 3.05) is 0 Å². The van der Waals surface area contributed by atoms with Gasteiger partial charge in [0.25, 0.3) is 5.63 Å². The molecule has 0 saturated carbocycles. The first-order valence-electron chi connectivity index (χ1n) is 1.82. The van der Waals surface area contributed by atoms with Crippen LogP contribution >= 0.6 is 34.8 Å². The fourth-order valence-corrected chi connectivity index (χ4v) is 0.357. The lowest BCUT2D eigenvalue weighted by Gasteiger charge is -2.20. The number of halogens is 7. The summed E-state index contributed by atoms with van der Waals surface area (Å²) in [5.74, 6) is 0. The average molecular weight is 218 g/mol. The van der Waals surface area contributed by atoms with Gasteiger partial charge in [0.1, 0.15) is 0 Å². The minimum absolute atomic E-state index is 2.30. The molecule has 61 valence electrons.